The van der Waals surface area contributed by atoms with E-state index in [1.807, 2.05) is 6.07 Å². The van der Waals surface area contributed by atoms with Gasteiger partial charge in [-0.25, -0.2) is 12.7 Å². The number of sulfonamides is 1. The van der Waals surface area contributed by atoms with E-state index >= 15 is 0 Å². The number of nitrogens with two attached hydrogens (primary N) is 1. The molecule has 0 bridgehead atoms. The van der Waals surface area contributed by atoms with E-state index in [4.69, 9.17) is 5.73 Å². The van der Waals surface area contributed by atoms with Crippen LogP contribution in [0.15, 0.2) is 29.2 Å². The van der Waals surface area contributed by atoms with Crippen molar-refractivity contribution in [1.82, 2.24) is 4.31 Å². The predicted octanol–water partition coefficient (Wildman–Crippen LogP) is 1.47. The zero-order valence-electron chi connectivity index (χ0n) is 12.4. The molecule has 0 aliphatic heterocycles. The highest BCUT2D eigenvalue weighted by Gasteiger charge is 2.46. The van der Waals surface area contributed by atoms with Crippen LogP contribution in [0.3, 0.4) is 0 Å². The van der Waals surface area contributed by atoms with Gasteiger partial charge in [-0.15, -0.1) is 0 Å². The number of hydrogen-bond donors (Lipinski definition) is 2. The third-order valence-corrected chi connectivity index (χ3v) is 6.19. The summed E-state index contributed by atoms with van der Waals surface area (Å²) < 4.78 is 25.9. The summed E-state index contributed by atoms with van der Waals surface area (Å²) in [4.78, 5) is 0.307. The zero-order chi connectivity index (χ0) is 15.1. The number of nitrogens with zero attached hydrogens (tertiary/aromatic N) is 1. The fourth-order valence-electron chi connectivity index (χ4n) is 2.40. The van der Waals surface area contributed by atoms with E-state index in [2.05, 4.69) is 19.2 Å². The van der Waals surface area contributed by atoms with Crippen molar-refractivity contribution in [1.29, 1.82) is 0 Å². The molecule has 5 nitrogen and oxygen atoms in total. The Hall–Kier alpha value is -1.11. The van der Waals surface area contributed by atoms with Gasteiger partial charge in [0.05, 0.1) is 5.69 Å². The Balaban J connectivity index is 2.31. The van der Waals surface area contributed by atoms with Crippen molar-refractivity contribution in [2.75, 3.05) is 19.4 Å². The standard InChI is InChI=1S/C14H23N3O2S/c1-14(2)12(15)9-13(14)16-10-7-5-6-8-11(10)20(18,19)17(3)4/h5-8,12-13,16H,9,15H2,1-4H3. The first kappa shape index (κ1) is 15.3. The summed E-state index contributed by atoms with van der Waals surface area (Å²) in [5.41, 5.74) is 6.62. The Kier molecular flexibility index (Phi) is 3.83. The summed E-state index contributed by atoms with van der Waals surface area (Å²) in [7, 11) is -0.374. The van der Waals surface area contributed by atoms with Crippen LogP contribution >= 0.6 is 0 Å². The molecule has 112 valence electrons. The number of para-hydroxylation sites is 1. The molecule has 1 aliphatic rings. The molecule has 0 amide bonds. The molecular formula is C14H23N3O2S. The maximum Gasteiger partial charge on any atom is 0.244 e. The Labute approximate surface area is 121 Å². The predicted molar refractivity (Wildman–Crippen MR) is 81.1 cm³/mol. The van der Waals surface area contributed by atoms with E-state index in [1.54, 1.807) is 18.2 Å². The van der Waals surface area contributed by atoms with Crippen molar-refractivity contribution in [2.45, 2.75) is 37.2 Å². The molecule has 1 saturated carbocycles. The SMILES string of the molecule is CN(C)S(=O)(=O)c1ccccc1NC1CC(N)C1(C)C. The molecule has 0 heterocycles. The van der Waals surface area contributed by atoms with E-state index < -0.39 is 10.0 Å². The van der Waals surface area contributed by atoms with Crippen LogP contribution in [0.2, 0.25) is 0 Å². The first-order valence-corrected chi connectivity index (χ1v) is 8.15. The summed E-state index contributed by atoms with van der Waals surface area (Å²) in [6.45, 7) is 4.20. The fraction of sp³-hybridized carbons (Fsp3) is 0.571. The molecule has 2 unspecified atom stereocenters. The van der Waals surface area contributed by atoms with Crippen LogP contribution in [-0.4, -0.2) is 38.9 Å². The van der Waals surface area contributed by atoms with Gasteiger partial charge in [-0.05, 0) is 18.6 Å². The number of hydrogen-bond acceptors (Lipinski definition) is 4. The van der Waals surface area contributed by atoms with Crippen LogP contribution in [-0.2, 0) is 10.0 Å². The average Bonchev–Trinajstić information content (AvgIpc) is 2.38. The summed E-state index contributed by atoms with van der Waals surface area (Å²) in [5.74, 6) is 0. The number of nitrogens with one attached hydrogen (secondary N) is 1. The molecule has 1 aromatic rings. The van der Waals surface area contributed by atoms with Crippen LogP contribution < -0.4 is 11.1 Å². The van der Waals surface area contributed by atoms with Gasteiger partial charge < -0.3 is 11.1 Å². The highest BCUT2D eigenvalue weighted by molar-refractivity contribution is 7.89. The van der Waals surface area contributed by atoms with Gasteiger partial charge in [-0.2, -0.15) is 0 Å². The number of benzene rings is 1. The largest absolute Gasteiger partial charge is 0.381 e. The lowest BCUT2D eigenvalue weighted by Crippen LogP contribution is -2.61. The Morgan fingerprint density at radius 2 is 1.90 bits per heavy atom. The van der Waals surface area contributed by atoms with Gasteiger partial charge in [0.25, 0.3) is 0 Å². The first-order valence-electron chi connectivity index (χ1n) is 6.71. The first-order chi connectivity index (χ1) is 9.17. The van der Waals surface area contributed by atoms with E-state index in [1.165, 1.54) is 18.4 Å². The Morgan fingerprint density at radius 3 is 2.40 bits per heavy atom. The normalized spacial score (nSPS) is 25.3. The second-order valence-corrected chi connectivity index (χ2v) is 8.26. The molecule has 2 atom stereocenters. The Bertz CT molecular complexity index is 596. The zero-order valence-corrected chi connectivity index (χ0v) is 13.2. The molecular weight excluding hydrogens is 274 g/mol. The molecule has 3 N–H and O–H groups in total. The summed E-state index contributed by atoms with van der Waals surface area (Å²) in [6, 6.07) is 7.34. The minimum Gasteiger partial charge on any atom is -0.381 e. The van der Waals surface area contributed by atoms with Gasteiger partial charge in [0.15, 0.2) is 0 Å². The highest BCUT2D eigenvalue weighted by Crippen LogP contribution is 2.41. The molecule has 2 rings (SSSR count). The van der Waals surface area contributed by atoms with Crippen LogP contribution in [0, 0.1) is 5.41 Å². The number of anilines is 1. The average molecular weight is 297 g/mol. The summed E-state index contributed by atoms with van der Waals surface area (Å²) in [5, 5.41) is 3.34. The topological polar surface area (TPSA) is 75.4 Å². The van der Waals surface area contributed by atoms with E-state index in [-0.39, 0.29) is 17.5 Å². The second kappa shape index (κ2) is 5.02. The van der Waals surface area contributed by atoms with Gasteiger partial charge in [-0.1, -0.05) is 26.0 Å². The summed E-state index contributed by atoms with van der Waals surface area (Å²) in [6.07, 6.45) is 0.851. The minimum atomic E-state index is -3.45. The molecule has 1 aliphatic carbocycles. The van der Waals surface area contributed by atoms with Crippen molar-refractivity contribution in [2.24, 2.45) is 11.1 Å². The van der Waals surface area contributed by atoms with Crippen LogP contribution in [0.5, 0.6) is 0 Å². The van der Waals surface area contributed by atoms with Crippen molar-refractivity contribution in [3.63, 3.8) is 0 Å². The molecule has 1 fully saturated rings. The van der Waals surface area contributed by atoms with Crippen LogP contribution in [0.4, 0.5) is 5.69 Å². The van der Waals surface area contributed by atoms with Crippen molar-refractivity contribution < 1.29 is 8.42 Å². The van der Waals surface area contributed by atoms with Gasteiger partial charge in [0, 0.05) is 31.6 Å². The Morgan fingerprint density at radius 1 is 1.30 bits per heavy atom. The van der Waals surface area contributed by atoms with E-state index in [9.17, 15) is 8.42 Å². The smallest absolute Gasteiger partial charge is 0.244 e. The molecule has 6 heteroatoms. The molecule has 1 aromatic carbocycles. The van der Waals surface area contributed by atoms with Crippen LogP contribution in [0.25, 0.3) is 0 Å². The van der Waals surface area contributed by atoms with Gasteiger partial charge in [0.2, 0.25) is 10.0 Å². The molecule has 0 radical (unpaired) electrons. The minimum absolute atomic E-state index is 0.0327. The lowest BCUT2D eigenvalue weighted by atomic mass is 9.63. The maximum absolute atomic E-state index is 12.3. The lowest BCUT2D eigenvalue weighted by Gasteiger charge is -2.51. The molecule has 0 saturated heterocycles. The van der Waals surface area contributed by atoms with Crippen molar-refractivity contribution in [3.8, 4) is 0 Å². The third kappa shape index (κ3) is 2.43. The fourth-order valence-corrected chi connectivity index (χ4v) is 3.45. The van der Waals surface area contributed by atoms with Crippen molar-refractivity contribution in [3.05, 3.63) is 24.3 Å². The third-order valence-electron chi connectivity index (χ3n) is 4.32. The summed E-state index contributed by atoms with van der Waals surface area (Å²) >= 11 is 0. The number of rotatable bonds is 4. The lowest BCUT2D eigenvalue weighted by molar-refractivity contribution is 0.117. The second-order valence-electron chi connectivity index (χ2n) is 6.14. The van der Waals surface area contributed by atoms with Gasteiger partial charge in [0.1, 0.15) is 4.90 Å². The molecule has 0 spiro atoms. The maximum atomic E-state index is 12.3. The van der Waals surface area contributed by atoms with Gasteiger partial charge >= 0.3 is 0 Å². The molecule has 0 aromatic heterocycles. The van der Waals surface area contributed by atoms with Crippen LogP contribution in [0.1, 0.15) is 20.3 Å². The quantitative estimate of drug-likeness (QED) is 0.882. The highest BCUT2D eigenvalue weighted by atomic mass is 32.2. The van der Waals surface area contributed by atoms with E-state index in [0.717, 1.165) is 6.42 Å². The molecule has 20 heavy (non-hydrogen) atoms. The van der Waals surface area contributed by atoms with Crippen molar-refractivity contribution >= 4 is 15.7 Å². The van der Waals surface area contributed by atoms with E-state index in [0.29, 0.717) is 10.6 Å². The monoisotopic (exact) mass is 297 g/mol. The van der Waals surface area contributed by atoms with Gasteiger partial charge in [-0.3, -0.25) is 0 Å².